The summed E-state index contributed by atoms with van der Waals surface area (Å²) in [6, 6.07) is 1.93. The van der Waals surface area contributed by atoms with Gasteiger partial charge >= 0.3 is 0 Å². The van der Waals surface area contributed by atoms with E-state index in [9.17, 15) is 0 Å². The Morgan fingerprint density at radius 3 is 3.12 bits per heavy atom. The molecule has 2 heterocycles. The highest BCUT2D eigenvalue weighted by atomic mass is 35.5. The van der Waals surface area contributed by atoms with Gasteiger partial charge in [0.1, 0.15) is 12.4 Å². The van der Waals surface area contributed by atoms with E-state index in [2.05, 4.69) is 4.98 Å². The zero-order valence-electron chi connectivity index (χ0n) is 10.1. The smallest absolute Gasteiger partial charge is 0.127 e. The second-order valence-electron chi connectivity index (χ2n) is 4.37. The molecule has 3 nitrogen and oxygen atoms in total. The third-order valence-electron chi connectivity index (χ3n) is 2.92. The molecule has 0 bridgehead atoms. The van der Waals surface area contributed by atoms with Gasteiger partial charge in [-0.1, -0.05) is 0 Å². The molecule has 0 N–H and O–H groups in total. The third kappa shape index (κ3) is 3.58. The average Bonchev–Trinajstić information content (AvgIpc) is 2.38. The van der Waals surface area contributed by atoms with Crippen molar-refractivity contribution in [3.63, 3.8) is 0 Å². The van der Waals surface area contributed by atoms with E-state index < -0.39 is 0 Å². The number of hydrogen-bond acceptors (Lipinski definition) is 3. The minimum atomic E-state index is 0.223. The first kappa shape index (κ1) is 12.7. The molecule has 0 aromatic carbocycles. The van der Waals surface area contributed by atoms with Crippen LogP contribution in [-0.2, 0) is 10.6 Å². The molecular weight excluding hydrogens is 238 g/mol. The van der Waals surface area contributed by atoms with Crippen LogP contribution in [0.5, 0.6) is 5.75 Å². The molecule has 1 aliphatic rings. The summed E-state index contributed by atoms with van der Waals surface area (Å²) in [6.45, 7) is 3.40. The maximum Gasteiger partial charge on any atom is 0.127 e. The molecule has 1 unspecified atom stereocenters. The van der Waals surface area contributed by atoms with Crippen molar-refractivity contribution in [2.45, 2.75) is 38.2 Å². The van der Waals surface area contributed by atoms with E-state index in [-0.39, 0.29) is 6.10 Å². The highest BCUT2D eigenvalue weighted by molar-refractivity contribution is 6.17. The largest absolute Gasteiger partial charge is 0.490 e. The van der Waals surface area contributed by atoms with E-state index in [0.29, 0.717) is 12.5 Å². The fourth-order valence-electron chi connectivity index (χ4n) is 1.92. The van der Waals surface area contributed by atoms with Gasteiger partial charge in [0.25, 0.3) is 0 Å². The summed E-state index contributed by atoms with van der Waals surface area (Å²) in [5.74, 6) is 1.26. The lowest BCUT2D eigenvalue weighted by Crippen LogP contribution is -2.26. The van der Waals surface area contributed by atoms with Crippen molar-refractivity contribution < 1.29 is 9.47 Å². The Labute approximate surface area is 107 Å². The lowest BCUT2D eigenvalue weighted by Gasteiger charge is -2.23. The van der Waals surface area contributed by atoms with E-state index in [1.54, 1.807) is 6.20 Å². The zero-order valence-corrected chi connectivity index (χ0v) is 10.9. The predicted molar refractivity (Wildman–Crippen MR) is 67.6 cm³/mol. The monoisotopic (exact) mass is 255 g/mol. The van der Waals surface area contributed by atoms with Gasteiger partial charge < -0.3 is 9.47 Å². The van der Waals surface area contributed by atoms with E-state index in [1.165, 1.54) is 6.42 Å². The Hall–Kier alpha value is -0.800. The van der Waals surface area contributed by atoms with Crippen molar-refractivity contribution in [1.29, 1.82) is 0 Å². The summed E-state index contributed by atoms with van der Waals surface area (Å²) in [5.41, 5.74) is 1.88. The molecule has 1 atom stereocenters. The molecule has 1 aromatic rings. The first-order valence-electron chi connectivity index (χ1n) is 6.05. The number of halogens is 1. The Morgan fingerprint density at radius 2 is 2.41 bits per heavy atom. The Kier molecular flexibility index (Phi) is 4.63. The van der Waals surface area contributed by atoms with Gasteiger partial charge in [-0.2, -0.15) is 0 Å². The van der Waals surface area contributed by atoms with Crippen molar-refractivity contribution in [2.24, 2.45) is 0 Å². The fraction of sp³-hybridized carbons (Fsp3) is 0.615. The summed E-state index contributed by atoms with van der Waals surface area (Å²) in [6.07, 6.45) is 5.48. The summed E-state index contributed by atoms with van der Waals surface area (Å²) in [7, 11) is 0. The molecule has 4 heteroatoms. The van der Waals surface area contributed by atoms with E-state index in [1.807, 2.05) is 13.0 Å². The molecular formula is C13H18ClNO2. The minimum absolute atomic E-state index is 0.223. The van der Waals surface area contributed by atoms with Crippen LogP contribution in [-0.4, -0.2) is 24.3 Å². The van der Waals surface area contributed by atoms with Gasteiger partial charge in [-0.3, -0.25) is 4.98 Å². The van der Waals surface area contributed by atoms with E-state index in [4.69, 9.17) is 21.1 Å². The molecule has 1 saturated heterocycles. The van der Waals surface area contributed by atoms with Gasteiger partial charge in [0.2, 0.25) is 0 Å². The van der Waals surface area contributed by atoms with E-state index >= 15 is 0 Å². The highest BCUT2D eigenvalue weighted by Crippen LogP contribution is 2.22. The molecule has 0 amide bonds. The van der Waals surface area contributed by atoms with Gasteiger partial charge in [-0.15, -0.1) is 11.6 Å². The Morgan fingerprint density at radius 1 is 1.53 bits per heavy atom. The first-order valence-corrected chi connectivity index (χ1v) is 6.59. The summed E-state index contributed by atoms with van der Waals surface area (Å²) in [5, 5.41) is 0. The van der Waals surface area contributed by atoms with Gasteiger partial charge in [0, 0.05) is 30.1 Å². The van der Waals surface area contributed by atoms with Gasteiger partial charge in [0.15, 0.2) is 0 Å². The summed E-state index contributed by atoms with van der Waals surface area (Å²) >= 11 is 5.85. The van der Waals surface area contributed by atoms with Crippen molar-refractivity contribution >= 4 is 11.6 Å². The van der Waals surface area contributed by atoms with Crippen LogP contribution in [0.15, 0.2) is 12.3 Å². The van der Waals surface area contributed by atoms with Gasteiger partial charge in [-0.05, 0) is 26.2 Å². The molecule has 1 aliphatic heterocycles. The predicted octanol–water partition coefficient (Wildman–Crippen LogP) is 3.08. The highest BCUT2D eigenvalue weighted by Gasteiger charge is 2.15. The Bertz CT molecular complexity index is 364. The number of rotatable bonds is 4. The van der Waals surface area contributed by atoms with Crippen LogP contribution in [0.25, 0.3) is 0 Å². The number of pyridine rings is 1. The quantitative estimate of drug-likeness (QED) is 0.775. The van der Waals surface area contributed by atoms with Crippen LogP contribution >= 0.6 is 11.6 Å². The molecule has 94 valence electrons. The standard InChI is InChI=1S/C13H18ClNO2/c1-10-6-13(11(7-14)8-15-10)17-9-12-4-2-3-5-16-12/h6,8,12H,2-5,7,9H2,1H3. The molecule has 1 fully saturated rings. The van der Waals surface area contributed by atoms with Crippen molar-refractivity contribution in [2.75, 3.05) is 13.2 Å². The fourth-order valence-corrected chi connectivity index (χ4v) is 2.12. The lowest BCUT2D eigenvalue weighted by molar-refractivity contribution is -0.0112. The molecule has 2 rings (SSSR count). The summed E-state index contributed by atoms with van der Waals surface area (Å²) < 4.78 is 11.4. The normalized spacial score (nSPS) is 20.2. The van der Waals surface area contributed by atoms with E-state index in [0.717, 1.165) is 36.5 Å². The van der Waals surface area contributed by atoms with Crippen LogP contribution in [0.4, 0.5) is 0 Å². The summed E-state index contributed by atoms with van der Waals surface area (Å²) in [4.78, 5) is 4.21. The molecule has 1 aromatic heterocycles. The number of nitrogens with zero attached hydrogens (tertiary/aromatic N) is 1. The van der Waals surface area contributed by atoms with Crippen LogP contribution in [0, 0.1) is 6.92 Å². The molecule has 0 saturated carbocycles. The van der Waals surface area contributed by atoms with Gasteiger partial charge in [-0.25, -0.2) is 0 Å². The zero-order chi connectivity index (χ0) is 12.1. The van der Waals surface area contributed by atoms with Gasteiger partial charge in [0.05, 0.1) is 12.0 Å². The topological polar surface area (TPSA) is 31.4 Å². The number of alkyl halides is 1. The second kappa shape index (κ2) is 6.22. The molecule has 0 spiro atoms. The number of ether oxygens (including phenoxy) is 2. The van der Waals surface area contributed by atoms with Crippen LogP contribution in [0.1, 0.15) is 30.5 Å². The first-order chi connectivity index (χ1) is 8.29. The second-order valence-corrected chi connectivity index (χ2v) is 4.63. The molecule has 17 heavy (non-hydrogen) atoms. The molecule has 0 radical (unpaired) electrons. The SMILES string of the molecule is Cc1cc(OCC2CCCCO2)c(CCl)cn1. The Balaban J connectivity index is 1.95. The van der Waals surface area contributed by atoms with Crippen LogP contribution in [0.2, 0.25) is 0 Å². The number of hydrogen-bond donors (Lipinski definition) is 0. The average molecular weight is 256 g/mol. The van der Waals surface area contributed by atoms with Crippen LogP contribution < -0.4 is 4.74 Å². The van der Waals surface area contributed by atoms with Crippen molar-refractivity contribution in [1.82, 2.24) is 4.98 Å². The lowest BCUT2D eigenvalue weighted by atomic mass is 10.1. The van der Waals surface area contributed by atoms with Crippen LogP contribution in [0.3, 0.4) is 0 Å². The third-order valence-corrected chi connectivity index (χ3v) is 3.21. The van der Waals surface area contributed by atoms with Crippen molar-refractivity contribution in [3.8, 4) is 5.75 Å². The number of aryl methyl sites for hydroxylation is 1. The van der Waals surface area contributed by atoms with Crippen molar-refractivity contribution in [3.05, 3.63) is 23.5 Å². The number of aromatic nitrogens is 1. The minimum Gasteiger partial charge on any atom is -0.490 e. The molecule has 0 aliphatic carbocycles. The maximum atomic E-state index is 5.85. The maximum absolute atomic E-state index is 5.85.